The Morgan fingerprint density at radius 2 is 2.00 bits per heavy atom. The standard InChI is InChI=1S/C25H28N6/c1-16(30(2)19-6-4-3-5-7-19)20-15-28-31-11-10-18(12-23(20)31)21-13-27-25-22(21)14-26-24(29-25)17-8-9-17/h10-15,17,19H,1,3-9H2,2H3,(H,26,27,29). The Labute approximate surface area is 182 Å². The number of nitrogens with one attached hydrogen (secondary N) is 1. The van der Waals surface area contributed by atoms with Crippen molar-refractivity contribution in [1.29, 1.82) is 0 Å². The van der Waals surface area contributed by atoms with Gasteiger partial charge >= 0.3 is 0 Å². The highest BCUT2D eigenvalue weighted by atomic mass is 15.2. The highest BCUT2D eigenvalue weighted by Gasteiger charge is 2.27. The van der Waals surface area contributed by atoms with Crippen molar-refractivity contribution < 1.29 is 0 Å². The van der Waals surface area contributed by atoms with Crippen LogP contribution in [-0.4, -0.2) is 42.6 Å². The molecule has 0 aliphatic heterocycles. The summed E-state index contributed by atoms with van der Waals surface area (Å²) in [5.74, 6) is 1.52. The fourth-order valence-corrected chi connectivity index (χ4v) is 4.95. The molecule has 4 heterocycles. The minimum atomic E-state index is 0.550. The lowest BCUT2D eigenvalue weighted by molar-refractivity contribution is 0.267. The van der Waals surface area contributed by atoms with Crippen molar-refractivity contribution >= 4 is 22.2 Å². The molecule has 0 atom stereocenters. The maximum Gasteiger partial charge on any atom is 0.141 e. The smallest absolute Gasteiger partial charge is 0.141 e. The molecule has 2 saturated carbocycles. The van der Waals surface area contributed by atoms with Gasteiger partial charge in [-0.05, 0) is 43.4 Å². The number of fused-ring (bicyclic) bond motifs is 2. The van der Waals surface area contributed by atoms with Gasteiger partial charge in [0.25, 0.3) is 0 Å². The van der Waals surface area contributed by atoms with Gasteiger partial charge in [-0.3, -0.25) is 0 Å². The second-order valence-electron chi connectivity index (χ2n) is 9.12. The van der Waals surface area contributed by atoms with E-state index in [1.165, 1.54) is 44.9 Å². The first kappa shape index (κ1) is 18.6. The van der Waals surface area contributed by atoms with Crippen LogP contribution in [0.2, 0.25) is 0 Å². The fraction of sp³-hybridized carbons (Fsp3) is 0.400. The molecule has 6 nitrogen and oxygen atoms in total. The van der Waals surface area contributed by atoms with Crippen molar-refractivity contribution in [1.82, 2.24) is 29.5 Å². The zero-order chi connectivity index (χ0) is 20.9. The SMILES string of the molecule is C=C(c1cnn2ccc(-c3c[nH]c4nc(C5CC5)ncc34)cc12)N(C)C1CCCCC1. The number of aromatic amines is 1. The first-order valence-electron chi connectivity index (χ1n) is 11.4. The number of aromatic nitrogens is 5. The molecule has 4 aromatic rings. The molecular weight excluding hydrogens is 384 g/mol. The largest absolute Gasteiger partial charge is 0.371 e. The molecule has 0 radical (unpaired) electrons. The minimum absolute atomic E-state index is 0.550. The summed E-state index contributed by atoms with van der Waals surface area (Å²) in [6, 6.07) is 4.89. The summed E-state index contributed by atoms with van der Waals surface area (Å²) in [4.78, 5) is 15.1. The number of hydrogen-bond donors (Lipinski definition) is 1. The number of nitrogens with zero attached hydrogens (tertiary/aromatic N) is 5. The van der Waals surface area contributed by atoms with Gasteiger partial charge < -0.3 is 9.88 Å². The lowest BCUT2D eigenvalue weighted by Crippen LogP contribution is -2.31. The third-order valence-corrected chi connectivity index (χ3v) is 7.08. The van der Waals surface area contributed by atoms with E-state index in [1.54, 1.807) is 0 Å². The van der Waals surface area contributed by atoms with Crippen LogP contribution in [0.3, 0.4) is 0 Å². The fourth-order valence-electron chi connectivity index (χ4n) is 4.95. The van der Waals surface area contributed by atoms with Gasteiger partial charge in [-0.25, -0.2) is 14.5 Å². The number of rotatable bonds is 5. The molecule has 158 valence electrons. The molecule has 0 spiro atoms. The van der Waals surface area contributed by atoms with E-state index >= 15 is 0 Å². The third kappa shape index (κ3) is 3.21. The normalized spacial score (nSPS) is 17.5. The van der Waals surface area contributed by atoms with Crippen molar-refractivity contribution in [3.63, 3.8) is 0 Å². The Balaban J connectivity index is 1.36. The van der Waals surface area contributed by atoms with Crippen molar-refractivity contribution in [2.75, 3.05) is 7.05 Å². The van der Waals surface area contributed by atoms with E-state index in [9.17, 15) is 0 Å². The van der Waals surface area contributed by atoms with E-state index in [0.717, 1.165) is 44.8 Å². The van der Waals surface area contributed by atoms with Crippen LogP contribution < -0.4 is 0 Å². The summed E-state index contributed by atoms with van der Waals surface area (Å²) in [6.45, 7) is 4.44. The summed E-state index contributed by atoms with van der Waals surface area (Å²) in [7, 11) is 2.18. The molecule has 1 N–H and O–H groups in total. The summed E-state index contributed by atoms with van der Waals surface area (Å²) in [6.07, 6.45) is 16.9. The van der Waals surface area contributed by atoms with E-state index in [-0.39, 0.29) is 0 Å². The highest BCUT2D eigenvalue weighted by molar-refractivity contribution is 5.94. The Morgan fingerprint density at radius 3 is 2.81 bits per heavy atom. The van der Waals surface area contributed by atoms with E-state index in [1.807, 2.05) is 29.3 Å². The predicted octanol–water partition coefficient (Wildman–Crippen LogP) is 5.39. The van der Waals surface area contributed by atoms with Crippen molar-refractivity contribution in [2.45, 2.75) is 56.9 Å². The van der Waals surface area contributed by atoms with Gasteiger partial charge in [0.2, 0.25) is 0 Å². The molecule has 0 bridgehead atoms. The molecule has 0 saturated heterocycles. The minimum Gasteiger partial charge on any atom is -0.371 e. The Hall–Kier alpha value is -3.15. The molecule has 2 aliphatic rings. The highest BCUT2D eigenvalue weighted by Crippen LogP contribution is 2.39. The second kappa shape index (κ2) is 7.22. The Bertz CT molecular complexity index is 1270. The molecule has 0 aromatic carbocycles. The zero-order valence-electron chi connectivity index (χ0n) is 18.0. The Morgan fingerprint density at radius 1 is 1.16 bits per heavy atom. The van der Waals surface area contributed by atoms with Crippen molar-refractivity contribution in [3.05, 3.63) is 54.9 Å². The van der Waals surface area contributed by atoms with Crippen molar-refractivity contribution in [3.8, 4) is 11.1 Å². The monoisotopic (exact) mass is 412 g/mol. The molecule has 6 heteroatoms. The van der Waals surface area contributed by atoms with Gasteiger partial charge in [0.05, 0.1) is 11.7 Å². The molecule has 2 aliphatic carbocycles. The molecule has 2 fully saturated rings. The number of pyridine rings is 1. The van der Waals surface area contributed by atoms with Crippen LogP contribution in [0.15, 0.2) is 43.5 Å². The number of hydrogen-bond acceptors (Lipinski definition) is 4. The van der Waals surface area contributed by atoms with Gasteiger partial charge in [-0.1, -0.05) is 25.8 Å². The zero-order valence-corrected chi connectivity index (χ0v) is 18.0. The predicted molar refractivity (Wildman–Crippen MR) is 124 cm³/mol. The molecular formula is C25H28N6. The van der Waals surface area contributed by atoms with Crippen LogP contribution >= 0.6 is 0 Å². The summed E-state index contributed by atoms with van der Waals surface area (Å²) in [5, 5.41) is 5.65. The second-order valence-corrected chi connectivity index (χ2v) is 9.12. The lowest BCUT2D eigenvalue weighted by atomic mass is 9.94. The molecule has 4 aromatic heterocycles. The van der Waals surface area contributed by atoms with Crippen LogP contribution in [0, 0.1) is 0 Å². The van der Waals surface area contributed by atoms with Gasteiger partial charge in [0, 0.05) is 59.8 Å². The maximum absolute atomic E-state index is 4.75. The van der Waals surface area contributed by atoms with Crippen LogP contribution in [0.5, 0.6) is 0 Å². The van der Waals surface area contributed by atoms with E-state index < -0.39 is 0 Å². The molecule has 6 rings (SSSR count). The summed E-state index contributed by atoms with van der Waals surface area (Å²) >= 11 is 0. The van der Waals surface area contributed by atoms with E-state index in [2.05, 4.69) is 45.7 Å². The van der Waals surface area contributed by atoms with Gasteiger partial charge in [-0.2, -0.15) is 5.10 Å². The molecule has 0 amide bonds. The van der Waals surface area contributed by atoms with E-state index in [4.69, 9.17) is 4.98 Å². The van der Waals surface area contributed by atoms with Crippen LogP contribution in [0.1, 0.15) is 62.3 Å². The quantitative estimate of drug-likeness (QED) is 0.478. The first-order chi connectivity index (χ1) is 15.2. The van der Waals surface area contributed by atoms with Gasteiger partial charge in [-0.15, -0.1) is 0 Å². The summed E-state index contributed by atoms with van der Waals surface area (Å²) in [5.41, 5.74) is 6.41. The van der Waals surface area contributed by atoms with E-state index in [0.29, 0.717) is 12.0 Å². The molecule has 31 heavy (non-hydrogen) atoms. The Kier molecular flexibility index (Phi) is 4.33. The first-order valence-corrected chi connectivity index (χ1v) is 11.4. The van der Waals surface area contributed by atoms with Gasteiger partial charge in [0.15, 0.2) is 0 Å². The lowest BCUT2D eigenvalue weighted by Gasteiger charge is -2.34. The average molecular weight is 413 g/mol. The van der Waals surface area contributed by atoms with Crippen molar-refractivity contribution in [2.24, 2.45) is 0 Å². The van der Waals surface area contributed by atoms with Crippen LogP contribution in [0.4, 0.5) is 0 Å². The summed E-state index contributed by atoms with van der Waals surface area (Å²) < 4.78 is 1.94. The van der Waals surface area contributed by atoms with Crippen LogP contribution in [0.25, 0.3) is 33.4 Å². The third-order valence-electron chi connectivity index (χ3n) is 7.08. The topological polar surface area (TPSA) is 62.1 Å². The maximum atomic E-state index is 4.75. The number of H-pyrrole nitrogens is 1. The molecule has 0 unspecified atom stereocenters. The van der Waals surface area contributed by atoms with Gasteiger partial charge in [0.1, 0.15) is 11.5 Å². The average Bonchev–Trinajstić information content (AvgIpc) is 3.45. The van der Waals surface area contributed by atoms with Crippen LogP contribution in [-0.2, 0) is 0 Å².